The summed E-state index contributed by atoms with van der Waals surface area (Å²) in [5, 5.41) is 15.8. The number of likely N-dealkylation sites (tertiary alicyclic amines) is 1. The highest BCUT2D eigenvalue weighted by molar-refractivity contribution is 7.98. The highest BCUT2D eigenvalue weighted by atomic mass is 32.2. The minimum absolute atomic E-state index is 0.00565. The van der Waals surface area contributed by atoms with E-state index in [0.29, 0.717) is 51.2 Å². The number of aromatic nitrogens is 2. The van der Waals surface area contributed by atoms with Crippen LogP contribution in [0.4, 0.5) is 4.79 Å². The Hall–Kier alpha value is -4.31. The van der Waals surface area contributed by atoms with E-state index in [-0.39, 0.29) is 23.5 Å². The first-order valence-electron chi connectivity index (χ1n) is 15.3. The van der Waals surface area contributed by atoms with Crippen LogP contribution in [0.15, 0.2) is 78.1 Å². The molecule has 5 rings (SSSR count). The standard InChI is InChI=1S/C35H40N4O5S/c1-35(2,3)44-34(43)38-19-16-25(17-20-38)31(40)36-18-15-28-22-39(21-26-12-8-11-24-9-4-6-13-29(24)26)33(37-28)45-23-27-10-5-7-14-30(27)32(41)42/h4-14,22,25H,15-21,23H2,1-3H3,(H,36,40)(H,41,42). The van der Waals surface area contributed by atoms with Crippen LogP contribution in [0.1, 0.15) is 60.8 Å². The highest BCUT2D eigenvalue weighted by Crippen LogP contribution is 2.27. The Balaban J connectivity index is 1.24. The number of ether oxygens (including phenoxy) is 1. The minimum Gasteiger partial charge on any atom is -0.478 e. The lowest BCUT2D eigenvalue weighted by Crippen LogP contribution is -2.45. The molecular formula is C35H40N4O5S. The largest absolute Gasteiger partial charge is 0.478 e. The number of imidazole rings is 1. The zero-order valence-corrected chi connectivity index (χ0v) is 26.8. The van der Waals surface area contributed by atoms with Crippen LogP contribution < -0.4 is 5.32 Å². The van der Waals surface area contributed by atoms with Crippen molar-refractivity contribution in [2.45, 2.75) is 63.1 Å². The lowest BCUT2D eigenvalue weighted by atomic mass is 9.96. The molecule has 45 heavy (non-hydrogen) atoms. The Labute approximate surface area is 268 Å². The number of carbonyl (C=O) groups excluding carboxylic acids is 2. The van der Waals surface area contributed by atoms with Crippen molar-refractivity contribution < 1.29 is 24.2 Å². The Morgan fingerprint density at radius 1 is 0.978 bits per heavy atom. The molecule has 2 N–H and O–H groups in total. The highest BCUT2D eigenvalue weighted by Gasteiger charge is 2.29. The minimum atomic E-state index is -0.947. The fraction of sp³-hybridized carbons (Fsp3) is 0.371. The van der Waals surface area contributed by atoms with Crippen molar-refractivity contribution in [2.24, 2.45) is 5.92 Å². The number of hydrogen-bond donors (Lipinski definition) is 2. The number of piperidine rings is 1. The number of nitrogens with zero attached hydrogens (tertiary/aromatic N) is 3. The van der Waals surface area contributed by atoms with Gasteiger partial charge in [0, 0.05) is 43.9 Å². The van der Waals surface area contributed by atoms with Gasteiger partial charge in [0.15, 0.2) is 5.16 Å². The fourth-order valence-electron chi connectivity index (χ4n) is 5.52. The molecule has 0 radical (unpaired) electrons. The molecule has 4 aromatic rings. The first kappa shape index (κ1) is 32.1. The Bertz CT molecular complexity index is 1660. The molecule has 236 valence electrons. The fourth-order valence-corrected chi connectivity index (χ4v) is 6.52. The monoisotopic (exact) mass is 628 g/mol. The van der Waals surface area contributed by atoms with E-state index >= 15 is 0 Å². The van der Waals surface area contributed by atoms with Crippen molar-refractivity contribution >= 4 is 40.5 Å². The summed E-state index contributed by atoms with van der Waals surface area (Å²) in [6.45, 7) is 7.59. The smallest absolute Gasteiger partial charge is 0.410 e. The number of hydrogen-bond acceptors (Lipinski definition) is 6. The molecule has 1 saturated heterocycles. The van der Waals surface area contributed by atoms with Crippen molar-refractivity contribution in [1.82, 2.24) is 19.8 Å². The third-order valence-electron chi connectivity index (χ3n) is 7.81. The molecule has 1 aliphatic rings. The first-order valence-corrected chi connectivity index (χ1v) is 16.3. The molecule has 2 amide bonds. The van der Waals surface area contributed by atoms with Crippen LogP contribution in [0, 0.1) is 5.92 Å². The number of benzene rings is 3. The second-order valence-electron chi connectivity index (χ2n) is 12.3. The number of carboxylic acid groups (broad SMARTS) is 1. The van der Waals surface area contributed by atoms with Gasteiger partial charge < -0.3 is 24.6 Å². The zero-order valence-electron chi connectivity index (χ0n) is 26.0. The van der Waals surface area contributed by atoms with Crippen LogP contribution >= 0.6 is 11.8 Å². The average Bonchev–Trinajstić information content (AvgIpc) is 3.40. The SMILES string of the molecule is CC(C)(C)OC(=O)N1CCC(C(=O)NCCc2cn(Cc3cccc4ccccc34)c(SCc3ccccc3C(=O)O)n2)CC1. The number of rotatable bonds is 10. The Morgan fingerprint density at radius 3 is 2.42 bits per heavy atom. The third kappa shape index (κ3) is 8.45. The van der Waals surface area contributed by atoms with Gasteiger partial charge in [0.05, 0.1) is 17.8 Å². The molecule has 3 aromatic carbocycles. The zero-order chi connectivity index (χ0) is 32.0. The number of thioether (sulfide) groups is 1. The summed E-state index contributed by atoms with van der Waals surface area (Å²) < 4.78 is 7.58. The number of carbonyl (C=O) groups is 3. The van der Waals surface area contributed by atoms with Gasteiger partial charge in [0.1, 0.15) is 5.60 Å². The lowest BCUT2D eigenvalue weighted by molar-refractivity contribution is -0.126. The summed E-state index contributed by atoms with van der Waals surface area (Å²) in [5.41, 5.74) is 2.49. The van der Waals surface area contributed by atoms with Crippen LogP contribution in [0.2, 0.25) is 0 Å². The summed E-state index contributed by atoms with van der Waals surface area (Å²) >= 11 is 1.50. The molecule has 2 heterocycles. The van der Waals surface area contributed by atoms with Gasteiger partial charge in [-0.2, -0.15) is 0 Å². The van der Waals surface area contributed by atoms with Crippen LogP contribution in [0.3, 0.4) is 0 Å². The Morgan fingerprint density at radius 2 is 1.67 bits per heavy atom. The van der Waals surface area contributed by atoms with E-state index in [9.17, 15) is 19.5 Å². The van der Waals surface area contributed by atoms with E-state index in [1.807, 2.05) is 51.2 Å². The summed E-state index contributed by atoms with van der Waals surface area (Å²) in [5.74, 6) is -0.633. The summed E-state index contributed by atoms with van der Waals surface area (Å²) in [4.78, 5) is 43.7. The van der Waals surface area contributed by atoms with Gasteiger partial charge in [0.2, 0.25) is 5.91 Å². The number of fused-ring (bicyclic) bond motifs is 1. The van der Waals surface area contributed by atoms with Crippen LogP contribution in [0.5, 0.6) is 0 Å². The van der Waals surface area contributed by atoms with Crippen LogP contribution in [-0.2, 0) is 28.2 Å². The maximum Gasteiger partial charge on any atom is 0.410 e. The predicted molar refractivity (Wildman–Crippen MR) is 175 cm³/mol. The van der Waals surface area contributed by atoms with Crippen molar-refractivity contribution in [3.63, 3.8) is 0 Å². The molecule has 0 atom stereocenters. The van der Waals surface area contributed by atoms with E-state index in [0.717, 1.165) is 22.0 Å². The quantitative estimate of drug-likeness (QED) is 0.196. The molecular weight excluding hydrogens is 588 g/mol. The molecule has 0 spiro atoms. The molecule has 0 bridgehead atoms. The molecule has 9 nitrogen and oxygen atoms in total. The van der Waals surface area contributed by atoms with Gasteiger partial charge in [0.25, 0.3) is 0 Å². The van der Waals surface area contributed by atoms with E-state index < -0.39 is 11.6 Å². The topological polar surface area (TPSA) is 114 Å². The maximum atomic E-state index is 13.0. The molecule has 0 aliphatic carbocycles. The predicted octanol–water partition coefficient (Wildman–Crippen LogP) is 6.38. The maximum absolute atomic E-state index is 13.0. The van der Waals surface area contributed by atoms with Crippen molar-refractivity contribution in [1.29, 1.82) is 0 Å². The molecule has 1 aromatic heterocycles. The van der Waals surface area contributed by atoms with Gasteiger partial charge >= 0.3 is 12.1 Å². The molecule has 1 fully saturated rings. The molecule has 0 saturated carbocycles. The van der Waals surface area contributed by atoms with Gasteiger partial charge in [-0.3, -0.25) is 4.79 Å². The van der Waals surface area contributed by atoms with Gasteiger partial charge in [-0.05, 0) is 61.6 Å². The van der Waals surface area contributed by atoms with Gasteiger partial charge in [-0.25, -0.2) is 14.6 Å². The van der Waals surface area contributed by atoms with Crippen LogP contribution in [-0.4, -0.2) is 62.8 Å². The summed E-state index contributed by atoms with van der Waals surface area (Å²) in [6, 6.07) is 21.6. The van der Waals surface area contributed by atoms with Crippen LogP contribution in [0.25, 0.3) is 10.8 Å². The molecule has 1 aliphatic heterocycles. The van der Waals surface area contributed by atoms with Crippen molar-refractivity contribution in [3.8, 4) is 0 Å². The van der Waals surface area contributed by atoms with Gasteiger partial charge in [-0.15, -0.1) is 0 Å². The van der Waals surface area contributed by atoms with E-state index in [1.165, 1.54) is 22.5 Å². The van der Waals surface area contributed by atoms with Crippen molar-refractivity contribution in [3.05, 3.63) is 95.3 Å². The normalized spacial score (nSPS) is 14.0. The molecule has 0 unspecified atom stereocenters. The van der Waals surface area contributed by atoms with E-state index in [1.54, 1.807) is 17.0 Å². The second-order valence-corrected chi connectivity index (χ2v) is 13.3. The number of aromatic carboxylic acids is 1. The van der Waals surface area contributed by atoms with Crippen molar-refractivity contribution in [2.75, 3.05) is 19.6 Å². The number of amides is 2. The summed E-state index contributed by atoms with van der Waals surface area (Å²) in [6.07, 6.45) is 3.45. The lowest BCUT2D eigenvalue weighted by Gasteiger charge is -2.32. The summed E-state index contributed by atoms with van der Waals surface area (Å²) in [7, 11) is 0. The van der Waals surface area contributed by atoms with Gasteiger partial charge in [-0.1, -0.05) is 72.4 Å². The van der Waals surface area contributed by atoms with E-state index in [2.05, 4.69) is 40.2 Å². The molecule has 10 heteroatoms. The average molecular weight is 629 g/mol. The van der Waals surface area contributed by atoms with E-state index in [4.69, 9.17) is 9.72 Å². The third-order valence-corrected chi connectivity index (χ3v) is 8.85. The number of nitrogens with one attached hydrogen (secondary N) is 1. The second kappa shape index (κ2) is 14.2. The number of carboxylic acids is 1. The Kier molecular flexibility index (Phi) is 10.1. The first-order chi connectivity index (χ1) is 21.6.